The number of non-ortho nitro benzene ring substituents is 1. The molecule has 0 radical (unpaired) electrons. The third-order valence-corrected chi connectivity index (χ3v) is 5.07. The van der Waals surface area contributed by atoms with Crippen LogP contribution in [0, 0.1) is 24.0 Å². The van der Waals surface area contributed by atoms with E-state index in [1.54, 1.807) is 0 Å². The largest absolute Gasteiger partial charge is 0.435 e. The number of nitro groups is 1. The molecule has 0 aliphatic heterocycles. The van der Waals surface area contributed by atoms with Crippen molar-refractivity contribution in [2.24, 2.45) is 5.73 Å². The molecule has 0 saturated heterocycles. The van der Waals surface area contributed by atoms with Crippen LogP contribution in [0.4, 0.5) is 42.1 Å². The number of aryl methyl sites for hydroxylation is 2. The first-order chi connectivity index (χ1) is 15.9. The van der Waals surface area contributed by atoms with Gasteiger partial charge >= 0.3 is 18.0 Å². The molecule has 2 aromatic rings. The van der Waals surface area contributed by atoms with Gasteiger partial charge in [0.15, 0.2) is 0 Å². The molecule has 35 heavy (non-hydrogen) atoms. The molecule has 0 heterocycles. The second-order valence-corrected chi connectivity index (χ2v) is 7.59. The fraction of sp³-hybridized carbons (Fsp3) is 0.333. The van der Waals surface area contributed by atoms with Gasteiger partial charge in [0.1, 0.15) is 0 Å². The van der Waals surface area contributed by atoms with Gasteiger partial charge in [-0.2, -0.15) is 26.3 Å². The van der Waals surface area contributed by atoms with Crippen LogP contribution in [0.1, 0.15) is 33.5 Å². The second-order valence-electron chi connectivity index (χ2n) is 7.59. The van der Waals surface area contributed by atoms with E-state index in [-0.39, 0.29) is 22.4 Å². The monoisotopic (exact) mass is 509 g/mol. The highest BCUT2D eigenvalue weighted by molar-refractivity contribution is 6.07. The SMILES string of the molecule is Cc1cc(C(F)(C(F)(F)F)C(F)(F)F)cc(C)c1N(CCC(N)=O)C(=O)c1cccc([N+](=O)[O-])c1. The number of nitrogens with zero attached hydrogens (tertiary/aromatic N) is 2. The maximum atomic E-state index is 14.6. The molecule has 0 atom stereocenters. The number of nitrogens with two attached hydrogens (primary N) is 1. The third kappa shape index (κ3) is 5.35. The quantitative estimate of drug-likeness (QED) is 0.321. The van der Waals surface area contributed by atoms with E-state index in [1.165, 1.54) is 12.1 Å². The van der Waals surface area contributed by atoms with E-state index in [0.717, 1.165) is 30.9 Å². The number of carbonyl (C=O) groups is 2. The van der Waals surface area contributed by atoms with E-state index in [1.807, 2.05) is 0 Å². The second kappa shape index (κ2) is 9.50. The maximum Gasteiger partial charge on any atom is 0.435 e. The first kappa shape index (κ1) is 27.5. The van der Waals surface area contributed by atoms with Crippen LogP contribution in [-0.4, -0.2) is 35.6 Å². The van der Waals surface area contributed by atoms with Crippen molar-refractivity contribution in [2.75, 3.05) is 11.4 Å². The summed E-state index contributed by atoms with van der Waals surface area (Å²) in [7, 11) is 0. The zero-order valence-electron chi connectivity index (χ0n) is 18.1. The highest BCUT2D eigenvalue weighted by Gasteiger charge is 2.73. The Hall–Kier alpha value is -3.71. The number of primary amides is 1. The summed E-state index contributed by atoms with van der Waals surface area (Å²) < 4.78 is 93.8. The van der Waals surface area contributed by atoms with Gasteiger partial charge < -0.3 is 10.6 Å². The van der Waals surface area contributed by atoms with Crippen LogP contribution < -0.4 is 10.6 Å². The molecular formula is C21H18F7N3O4. The average molecular weight is 509 g/mol. The van der Waals surface area contributed by atoms with Crippen LogP contribution in [0.25, 0.3) is 0 Å². The molecule has 0 aliphatic carbocycles. The van der Waals surface area contributed by atoms with E-state index in [4.69, 9.17) is 5.73 Å². The zero-order chi connectivity index (χ0) is 26.9. The first-order valence-corrected chi connectivity index (χ1v) is 9.70. The van der Waals surface area contributed by atoms with Crippen LogP contribution in [0.15, 0.2) is 36.4 Å². The Morgan fingerprint density at radius 1 is 0.971 bits per heavy atom. The minimum Gasteiger partial charge on any atom is -0.370 e. The van der Waals surface area contributed by atoms with Crippen molar-refractivity contribution in [1.29, 1.82) is 0 Å². The van der Waals surface area contributed by atoms with Gasteiger partial charge in [-0.05, 0) is 31.0 Å². The Balaban J connectivity index is 2.70. The van der Waals surface area contributed by atoms with Crippen LogP contribution >= 0.6 is 0 Å². The molecule has 2 rings (SSSR count). The molecule has 2 N–H and O–H groups in total. The summed E-state index contributed by atoms with van der Waals surface area (Å²) in [6.07, 6.45) is -13.1. The van der Waals surface area contributed by atoms with E-state index in [0.29, 0.717) is 12.1 Å². The molecule has 0 aliphatic rings. The highest BCUT2D eigenvalue weighted by atomic mass is 19.4. The van der Waals surface area contributed by atoms with E-state index >= 15 is 0 Å². The van der Waals surface area contributed by atoms with Gasteiger partial charge in [-0.25, -0.2) is 4.39 Å². The smallest absolute Gasteiger partial charge is 0.370 e. The number of halogens is 7. The standard InChI is InChI=1S/C21H18F7N3O4/c1-11-8-14(19(22,20(23,24)25)21(26,27)28)9-12(2)17(11)30(7-6-16(29)32)18(33)13-4-3-5-15(10-13)31(34)35/h3-5,8-10H,6-7H2,1-2H3,(H2,29,32). The van der Waals surface area contributed by atoms with Gasteiger partial charge in [0.05, 0.1) is 4.92 Å². The van der Waals surface area contributed by atoms with Gasteiger partial charge in [0.25, 0.3) is 11.6 Å². The van der Waals surface area contributed by atoms with Crippen molar-refractivity contribution in [3.63, 3.8) is 0 Å². The summed E-state index contributed by atoms with van der Waals surface area (Å²) in [4.78, 5) is 35.5. The summed E-state index contributed by atoms with van der Waals surface area (Å²) in [6, 6.07) is 4.97. The number of rotatable bonds is 7. The minimum atomic E-state index is -6.34. The summed E-state index contributed by atoms with van der Waals surface area (Å²) in [5, 5.41) is 11.0. The van der Waals surface area contributed by atoms with Crippen molar-refractivity contribution in [2.45, 2.75) is 38.3 Å². The number of anilines is 1. The predicted octanol–water partition coefficient (Wildman–Crippen LogP) is 5.02. The van der Waals surface area contributed by atoms with Crippen molar-refractivity contribution < 1.29 is 45.2 Å². The van der Waals surface area contributed by atoms with Crippen molar-refractivity contribution >= 4 is 23.2 Å². The van der Waals surface area contributed by atoms with Crippen LogP contribution in [0.3, 0.4) is 0 Å². The molecule has 0 saturated carbocycles. The number of nitro benzene ring substituents is 1. The van der Waals surface area contributed by atoms with E-state index in [9.17, 15) is 50.4 Å². The van der Waals surface area contributed by atoms with Gasteiger partial charge in [0, 0.05) is 41.9 Å². The Morgan fingerprint density at radius 3 is 1.91 bits per heavy atom. The Bertz CT molecular complexity index is 1130. The van der Waals surface area contributed by atoms with Gasteiger partial charge in [0.2, 0.25) is 5.91 Å². The normalized spacial score (nSPS) is 12.4. The highest BCUT2D eigenvalue weighted by Crippen LogP contribution is 2.54. The number of amides is 2. The molecule has 0 unspecified atom stereocenters. The number of hydrogen-bond acceptors (Lipinski definition) is 4. The number of alkyl halides is 7. The summed E-state index contributed by atoms with van der Waals surface area (Å²) in [5.41, 5.74) is -3.94. The minimum absolute atomic E-state index is 0.210. The number of benzene rings is 2. The fourth-order valence-electron chi connectivity index (χ4n) is 3.51. The Labute approximate surface area is 193 Å². The lowest BCUT2D eigenvalue weighted by Crippen LogP contribution is -2.50. The number of carbonyl (C=O) groups excluding carboxylic acids is 2. The topological polar surface area (TPSA) is 107 Å². The lowest BCUT2D eigenvalue weighted by atomic mass is 9.90. The zero-order valence-corrected chi connectivity index (χ0v) is 18.1. The van der Waals surface area contributed by atoms with Crippen LogP contribution in [-0.2, 0) is 10.5 Å². The molecule has 0 spiro atoms. The third-order valence-electron chi connectivity index (χ3n) is 5.07. The fourth-order valence-corrected chi connectivity index (χ4v) is 3.51. The van der Waals surface area contributed by atoms with Gasteiger partial charge in [-0.1, -0.05) is 18.2 Å². The van der Waals surface area contributed by atoms with Crippen molar-refractivity contribution in [1.82, 2.24) is 0 Å². The molecule has 0 bridgehead atoms. The lowest BCUT2D eigenvalue weighted by Gasteiger charge is -2.32. The molecule has 0 aromatic heterocycles. The van der Waals surface area contributed by atoms with Crippen LogP contribution in [0.2, 0.25) is 0 Å². The van der Waals surface area contributed by atoms with E-state index < -0.39 is 59.0 Å². The molecule has 7 nitrogen and oxygen atoms in total. The summed E-state index contributed by atoms with van der Waals surface area (Å²) in [5.74, 6) is -1.84. The maximum absolute atomic E-state index is 14.6. The molecular weight excluding hydrogens is 491 g/mol. The first-order valence-electron chi connectivity index (χ1n) is 9.70. The van der Waals surface area contributed by atoms with E-state index in [2.05, 4.69) is 0 Å². The summed E-state index contributed by atoms with van der Waals surface area (Å²) in [6.45, 7) is 1.64. The molecule has 190 valence electrons. The van der Waals surface area contributed by atoms with Crippen molar-refractivity contribution in [3.8, 4) is 0 Å². The van der Waals surface area contributed by atoms with Gasteiger partial charge in [-0.3, -0.25) is 19.7 Å². The molecule has 14 heteroatoms. The molecule has 2 amide bonds. The van der Waals surface area contributed by atoms with Crippen LogP contribution in [0.5, 0.6) is 0 Å². The van der Waals surface area contributed by atoms with Gasteiger partial charge in [-0.15, -0.1) is 0 Å². The lowest BCUT2D eigenvalue weighted by molar-refractivity contribution is -0.384. The molecule has 2 aromatic carbocycles. The average Bonchev–Trinajstić information content (AvgIpc) is 2.72. The number of hydrogen-bond donors (Lipinski definition) is 1. The Morgan fingerprint density at radius 2 is 1.49 bits per heavy atom. The summed E-state index contributed by atoms with van der Waals surface area (Å²) >= 11 is 0. The van der Waals surface area contributed by atoms with Crippen molar-refractivity contribution in [3.05, 3.63) is 68.8 Å². The predicted molar refractivity (Wildman–Crippen MR) is 109 cm³/mol. The Kier molecular flexibility index (Phi) is 7.48. The molecule has 0 fully saturated rings.